The summed E-state index contributed by atoms with van der Waals surface area (Å²) in [7, 11) is 0. The molecular weight excluding hydrogens is 252 g/mol. The Hall–Kier alpha value is -1.60. The van der Waals surface area contributed by atoms with Gasteiger partial charge in [0.1, 0.15) is 23.6 Å². The van der Waals surface area contributed by atoms with Crippen LogP contribution in [0.25, 0.3) is 0 Å². The molecule has 7 nitrogen and oxygen atoms in total. The summed E-state index contributed by atoms with van der Waals surface area (Å²) in [6, 6.07) is -0.512. The van der Waals surface area contributed by atoms with Crippen LogP contribution in [0, 0.1) is 6.92 Å². The predicted molar refractivity (Wildman–Crippen MR) is 63.8 cm³/mol. The first-order chi connectivity index (χ1) is 8.76. The van der Waals surface area contributed by atoms with Crippen LogP contribution in [0.4, 0.5) is 4.79 Å². The van der Waals surface area contributed by atoms with Gasteiger partial charge in [0.15, 0.2) is 12.2 Å². The number of aromatic nitrogens is 1. The molecule has 1 aromatic rings. The van der Waals surface area contributed by atoms with Crippen molar-refractivity contribution < 1.29 is 23.9 Å². The van der Waals surface area contributed by atoms with Crippen LogP contribution in [-0.4, -0.2) is 33.1 Å². The molecule has 19 heavy (non-hydrogen) atoms. The normalized spacial score (nSPS) is 23.7. The fraction of sp³-hybridized carbons (Fsp3) is 0.667. The van der Waals surface area contributed by atoms with E-state index >= 15 is 0 Å². The Balaban J connectivity index is 2.16. The molecule has 2 rings (SSSR count). The Morgan fingerprint density at radius 1 is 1.58 bits per heavy atom. The lowest BCUT2D eigenvalue weighted by molar-refractivity contribution is -0.207. The number of aryl methyl sites for hydroxylation is 1. The van der Waals surface area contributed by atoms with Gasteiger partial charge >= 0.3 is 6.09 Å². The Kier molecular flexibility index (Phi) is 3.51. The number of amides is 1. The van der Waals surface area contributed by atoms with Gasteiger partial charge in [-0.2, -0.15) is 5.06 Å². The molecule has 1 aliphatic rings. The number of carbonyl (C=O) groups excluding carboxylic acids is 1. The minimum absolute atomic E-state index is 0.227. The summed E-state index contributed by atoms with van der Waals surface area (Å²) in [6.45, 7) is 6.97. The van der Waals surface area contributed by atoms with Gasteiger partial charge in [-0.05, 0) is 20.8 Å². The monoisotopic (exact) mass is 270 g/mol. The first-order valence-electron chi connectivity index (χ1n) is 6.05. The zero-order valence-electron chi connectivity index (χ0n) is 11.4. The molecule has 2 atom stereocenters. The molecule has 0 radical (unpaired) electrons. The van der Waals surface area contributed by atoms with Crippen molar-refractivity contribution in [3.63, 3.8) is 0 Å². The average molecular weight is 270 g/mol. The van der Waals surface area contributed by atoms with Crippen molar-refractivity contribution >= 4 is 6.09 Å². The molecule has 1 N–H and O–H groups in total. The Morgan fingerprint density at radius 2 is 2.26 bits per heavy atom. The SMILES string of the molecule is Cc1nc([C@@H]2CC(O)ON2C(=O)OC(C)(C)C)co1. The number of carbonyl (C=O) groups is 1. The molecule has 1 amide bonds. The molecule has 2 heterocycles. The van der Waals surface area contributed by atoms with Gasteiger partial charge in [0.05, 0.1) is 0 Å². The van der Waals surface area contributed by atoms with E-state index in [0.717, 1.165) is 5.06 Å². The lowest BCUT2D eigenvalue weighted by Crippen LogP contribution is -2.36. The summed E-state index contributed by atoms with van der Waals surface area (Å²) in [4.78, 5) is 21.2. The number of oxazole rings is 1. The van der Waals surface area contributed by atoms with Gasteiger partial charge in [0, 0.05) is 13.3 Å². The summed E-state index contributed by atoms with van der Waals surface area (Å²) >= 11 is 0. The summed E-state index contributed by atoms with van der Waals surface area (Å²) in [5.74, 6) is 0.487. The Labute approximate surface area is 111 Å². The summed E-state index contributed by atoms with van der Waals surface area (Å²) in [5, 5.41) is 10.6. The molecule has 1 aromatic heterocycles. The summed E-state index contributed by atoms with van der Waals surface area (Å²) < 4.78 is 10.3. The molecule has 0 aliphatic carbocycles. The van der Waals surface area contributed by atoms with Gasteiger partial charge in [-0.15, -0.1) is 0 Å². The highest BCUT2D eigenvalue weighted by atomic mass is 16.8. The number of hydroxylamine groups is 2. The van der Waals surface area contributed by atoms with Gasteiger partial charge in [-0.1, -0.05) is 0 Å². The van der Waals surface area contributed by atoms with Crippen LogP contribution >= 0.6 is 0 Å². The number of rotatable bonds is 1. The van der Waals surface area contributed by atoms with Gasteiger partial charge in [-0.3, -0.25) is 0 Å². The lowest BCUT2D eigenvalue weighted by Gasteiger charge is -2.25. The average Bonchev–Trinajstić information content (AvgIpc) is 2.81. The zero-order chi connectivity index (χ0) is 14.2. The van der Waals surface area contributed by atoms with Crippen molar-refractivity contribution in [2.75, 3.05) is 0 Å². The largest absolute Gasteiger partial charge is 0.449 e. The number of aliphatic hydroxyl groups is 1. The second-order valence-electron chi connectivity index (χ2n) is 5.41. The van der Waals surface area contributed by atoms with Gasteiger partial charge in [-0.25, -0.2) is 14.6 Å². The second kappa shape index (κ2) is 4.82. The van der Waals surface area contributed by atoms with Crippen molar-refractivity contribution in [3.05, 3.63) is 17.8 Å². The highest BCUT2D eigenvalue weighted by molar-refractivity contribution is 5.67. The molecule has 1 unspecified atom stereocenters. The van der Waals surface area contributed by atoms with E-state index in [1.807, 2.05) is 0 Å². The van der Waals surface area contributed by atoms with Crippen LogP contribution in [-0.2, 0) is 9.57 Å². The van der Waals surface area contributed by atoms with E-state index in [9.17, 15) is 9.90 Å². The number of aliphatic hydroxyl groups excluding tert-OH is 1. The molecule has 0 aromatic carbocycles. The van der Waals surface area contributed by atoms with E-state index < -0.39 is 24.0 Å². The van der Waals surface area contributed by atoms with E-state index in [-0.39, 0.29) is 6.42 Å². The number of hydrogen-bond donors (Lipinski definition) is 1. The lowest BCUT2D eigenvalue weighted by atomic mass is 10.1. The van der Waals surface area contributed by atoms with Crippen LogP contribution in [0.2, 0.25) is 0 Å². The second-order valence-corrected chi connectivity index (χ2v) is 5.41. The number of hydrogen-bond acceptors (Lipinski definition) is 6. The molecule has 1 aliphatic heterocycles. The molecule has 0 bridgehead atoms. The van der Waals surface area contributed by atoms with E-state index in [2.05, 4.69) is 4.98 Å². The van der Waals surface area contributed by atoms with Crippen molar-refractivity contribution in [1.82, 2.24) is 10.0 Å². The third-order valence-electron chi connectivity index (χ3n) is 2.49. The standard InChI is InChI=1S/C12H18N2O5/c1-7-13-8(6-17-7)9-5-10(15)19-14(9)11(16)18-12(2,3)4/h6,9-10,15H,5H2,1-4H3/t9-,10?/m0/s1. The van der Waals surface area contributed by atoms with Crippen LogP contribution in [0.15, 0.2) is 10.7 Å². The number of ether oxygens (including phenoxy) is 1. The summed E-state index contributed by atoms with van der Waals surface area (Å²) in [5.41, 5.74) is -0.113. The summed E-state index contributed by atoms with van der Waals surface area (Å²) in [6.07, 6.45) is -0.0477. The third kappa shape index (κ3) is 3.24. The first-order valence-corrected chi connectivity index (χ1v) is 6.05. The van der Waals surface area contributed by atoms with Crippen molar-refractivity contribution in [1.29, 1.82) is 0 Å². The maximum absolute atomic E-state index is 12.0. The zero-order valence-corrected chi connectivity index (χ0v) is 11.4. The molecule has 1 fully saturated rings. The molecule has 0 spiro atoms. The van der Waals surface area contributed by atoms with Crippen molar-refractivity contribution in [2.24, 2.45) is 0 Å². The smallest absolute Gasteiger partial charge is 0.435 e. The Morgan fingerprint density at radius 3 is 2.79 bits per heavy atom. The topological polar surface area (TPSA) is 85.0 Å². The predicted octanol–water partition coefficient (Wildman–Crippen LogP) is 1.91. The maximum Gasteiger partial charge on any atom is 0.435 e. The van der Waals surface area contributed by atoms with Gasteiger partial charge in [0.2, 0.25) is 0 Å². The molecule has 0 saturated carbocycles. The third-order valence-corrected chi connectivity index (χ3v) is 2.49. The molecule has 1 saturated heterocycles. The van der Waals surface area contributed by atoms with E-state index in [0.29, 0.717) is 11.6 Å². The highest BCUT2D eigenvalue weighted by Gasteiger charge is 2.41. The minimum Gasteiger partial charge on any atom is -0.449 e. The van der Waals surface area contributed by atoms with E-state index in [4.69, 9.17) is 14.0 Å². The Bertz CT molecular complexity index is 465. The van der Waals surface area contributed by atoms with Crippen molar-refractivity contribution in [3.8, 4) is 0 Å². The maximum atomic E-state index is 12.0. The quantitative estimate of drug-likeness (QED) is 0.839. The van der Waals surface area contributed by atoms with Gasteiger partial charge < -0.3 is 14.3 Å². The molecule has 106 valence electrons. The van der Waals surface area contributed by atoms with Gasteiger partial charge in [0.25, 0.3) is 0 Å². The van der Waals surface area contributed by atoms with E-state index in [1.165, 1.54) is 6.26 Å². The fourth-order valence-electron chi connectivity index (χ4n) is 1.79. The number of nitrogens with zero attached hydrogens (tertiary/aromatic N) is 2. The van der Waals surface area contributed by atoms with Crippen molar-refractivity contribution in [2.45, 2.75) is 52.0 Å². The molecular formula is C12H18N2O5. The minimum atomic E-state index is -1.06. The molecule has 7 heteroatoms. The van der Waals surface area contributed by atoms with Crippen LogP contribution in [0.5, 0.6) is 0 Å². The highest BCUT2D eigenvalue weighted by Crippen LogP contribution is 2.33. The van der Waals surface area contributed by atoms with Crippen LogP contribution in [0.1, 0.15) is 44.8 Å². The van der Waals surface area contributed by atoms with Crippen LogP contribution in [0.3, 0.4) is 0 Å². The first kappa shape index (κ1) is 13.8. The fourth-order valence-corrected chi connectivity index (χ4v) is 1.79. The van der Waals surface area contributed by atoms with Crippen LogP contribution < -0.4 is 0 Å². The van der Waals surface area contributed by atoms with E-state index in [1.54, 1.807) is 27.7 Å².